The van der Waals surface area contributed by atoms with Gasteiger partial charge >= 0.3 is 0 Å². The van der Waals surface area contributed by atoms with E-state index in [-0.39, 0.29) is 11.8 Å². The van der Waals surface area contributed by atoms with E-state index in [0.29, 0.717) is 33.7 Å². The summed E-state index contributed by atoms with van der Waals surface area (Å²) in [5.74, 6) is -0.287. The van der Waals surface area contributed by atoms with E-state index in [9.17, 15) is 14.9 Å². The van der Waals surface area contributed by atoms with E-state index in [2.05, 4.69) is 6.07 Å². The van der Waals surface area contributed by atoms with Crippen LogP contribution in [0.15, 0.2) is 54.6 Å². The standard InChI is InChI=1S/C24H18N2O2/c25-14-17-13-18(11-12-19(17)15-5-1-2-6-15)26-23(27)20-9-3-7-16-8-4-10-21(22(16)20)24(26)28/h3-4,7-13,15H,1-2,5-6H2. The average Bonchev–Trinajstić information content (AvgIpc) is 3.26. The molecule has 1 aliphatic heterocycles. The molecule has 0 saturated heterocycles. The number of carbonyl (C=O) groups is 2. The first kappa shape index (κ1) is 16.7. The highest BCUT2D eigenvalue weighted by Crippen LogP contribution is 2.38. The van der Waals surface area contributed by atoms with Crippen LogP contribution in [0.2, 0.25) is 0 Å². The van der Waals surface area contributed by atoms with Crippen LogP contribution in [-0.2, 0) is 0 Å². The summed E-state index contributed by atoms with van der Waals surface area (Å²) in [7, 11) is 0. The van der Waals surface area contributed by atoms with Crippen molar-refractivity contribution in [3.8, 4) is 6.07 Å². The van der Waals surface area contributed by atoms with Gasteiger partial charge in [-0.15, -0.1) is 0 Å². The van der Waals surface area contributed by atoms with Crippen molar-refractivity contribution in [2.45, 2.75) is 31.6 Å². The van der Waals surface area contributed by atoms with Gasteiger partial charge in [-0.05, 0) is 54.0 Å². The van der Waals surface area contributed by atoms with Crippen molar-refractivity contribution in [3.05, 3.63) is 76.9 Å². The molecule has 0 unspecified atom stereocenters. The van der Waals surface area contributed by atoms with Crippen molar-refractivity contribution in [2.75, 3.05) is 4.90 Å². The zero-order chi connectivity index (χ0) is 19.3. The molecule has 136 valence electrons. The van der Waals surface area contributed by atoms with E-state index in [1.807, 2.05) is 30.3 Å². The Hall–Kier alpha value is -3.45. The first-order valence-corrected chi connectivity index (χ1v) is 9.63. The van der Waals surface area contributed by atoms with Crippen molar-refractivity contribution < 1.29 is 9.59 Å². The first-order chi connectivity index (χ1) is 13.7. The lowest BCUT2D eigenvalue weighted by Crippen LogP contribution is -2.40. The van der Waals surface area contributed by atoms with Crippen molar-refractivity contribution in [1.29, 1.82) is 5.26 Å². The van der Waals surface area contributed by atoms with Crippen LogP contribution in [0.3, 0.4) is 0 Å². The lowest BCUT2D eigenvalue weighted by molar-refractivity contribution is 0.0893. The molecule has 3 aromatic rings. The normalized spacial score (nSPS) is 16.6. The Morgan fingerprint density at radius 3 is 2.14 bits per heavy atom. The maximum absolute atomic E-state index is 13.2. The summed E-state index contributed by atoms with van der Waals surface area (Å²) in [4.78, 5) is 27.6. The van der Waals surface area contributed by atoms with Crippen LogP contribution in [0, 0.1) is 11.3 Å². The van der Waals surface area contributed by atoms with E-state index in [0.717, 1.165) is 23.8 Å². The summed E-state index contributed by atoms with van der Waals surface area (Å²) in [5.41, 5.74) is 3.09. The molecule has 3 aromatic carbocycles. The maximum atomic E-state index is 13.2. The first-order valence-electron chi connectivity index (χ1n) is 9.63. The largest absolute Gasteiger partial charge is 0.268 e. The quantitative estimate of drug-likeness (QED) is 0.588. The van der Waals surface area contributed by atoms with E-state index >= 15 is 0 Å². The molecule has 0 bridgehead atoms. The molecule has 4 heteroatoms. The van der Waals surface area contributed by atoms with E-state index in [1.54, 1.807) is 24.3 Å². The van der Waals surface area contributed by atoms with Crippen LogP contribution in [0.1, 0.15) is 63.4 Å². The Kier molecular flexibility index (Phi) is 3.77. The monoisotopic (exact) mass is 366 g/mol. The lowest BCUT2D eigenvalue weighted by atomic mass is 9.91. The Labute approximate surface area is 163 Å². The molecule has 0 radical (unpaired) electrons. The third kappa shape index (κ3) is 2.36. The molecule has 0 atom stereocenters. The van der Waals surface area contributed by atoms with Gasteiger partial charge in [0, 0.05) is 16.5 Å². The molecule has 28 heavy (non-hydrogen) atoms. The molecule has 1 aliphatic carbocycles. The number of rotatable bonds is 2. The van der Waals surface area contributed by atoms with Gasteiger partial charge in [0.2, 0.25) is 0 Å². The fraction of sp³-hybridized carbons (Fsp3) is 0.208. The summed E-state index contributed by atoms with van der Waals surface area (Å²) >= 11 is 0. The van der Waals surface area contributed by atoms with Gasteiger partial charge in [0.25, 0.3) is 11.8 Å². The second-order valence-electron chi connectivity index (χ2n) is 7.52. The number of amides is 2. The van der Waals surface area contributed by atoms with Gasteiger partial charge in [0.05, 0.1) is 17.3 Å². The van der Waals surface area contributed by atoms with Gasteiger partial charge in [-0.25, -0.2) is 4.90 Å². The van der Waals surface area contributed by atoms with Gasteiger partial charge in [0.15, 0.2) is 0 Å². The minimum atomic E-state index is -0.341. The number of imide groups is 1. The Morgan fingerprint density at radius 2 is 1.54 bits per heavy atom. The Morgan fingerprint density at radius 1 is 0.893 bits per heavy atom. The van der Waals surface area contributed by atoms with Gasteiger partial charge in [-0.2, -0.15) is 5.26 Å². The summed E-state index contributed by atoms with van der Waals surface area (Å²) < 4.78 is 0. The zero-order valence-electron chi connectivity index (χ0n) is 15.3. The number of anilines is 1. The van der Waals surface area contributed by atoms with E-state index in [4.69, 9.17) is 0 Å². The predicted octanol–water partition coefficient (Wildman–Crippen LogP) is 5.17. The smallest absolute Gasteiger partial charge is 0.265 e. The number of benzene rings is 3. The van der Waals surface area contributed by atoms with Gasteiger partial charge in [-0.3, -0.25) is 9.59 Å². The number of nitriles is 1. The Balaban J connectivity index is 1.63. The summed E-state index contributed by atoms with van der Waals surface area (Å²) in [6.45, 7) is 0. The van der Waals surface area contributed by atoms with Gasteiger partial charge in [-0.1, -0.05) is 43.2 Å². The minimum Gasteiger partial charge on any atom is -0.268 e. The van der Waals surface area contributed by atoms with Crippen LogP contribution in [0.5, 0.6) is 0 Å². The fourth-order valence-electron chi connectivity index (χ4n) is 4.64. The Bertz CT molecular complexity index is 1130. The summed E-state index contributed by atoms with van der Waals surface area (Å²) in [6.07, 6.45) is 4.54. The molecule has 5 rings (SSSR count). The van der Waals surface area contributed by atoms with Crippen molar-refractivity contribution in [1.82, 2.24) is 0 Å². The molecule has 2 aliphatic rings. The molecule has 1 heterocycles. The molecule has 0 spiro atoms. The molecule has 1 fully saturated rings. The highest BCUT2D eigenvalue weighted by molar-refractivity contribution is 6.35. The number of hydrogen-bond donors (Lipinski definition) is 0. The van der Waals surface area contributed by atoms with Crippen LogP contribution in [0.25, 0.3) is 10.8 Å². The molecular weight excluding hydrogens is 348 g/mol. The second-order valence-corrected chi connectivity index (χ2v) is 7.52. The van der Waals surface area contributed by atoms with E-state index < -0.39 is 0 Å². The predicted molar refractivity (Wildman–Crippen MR) is 107 cm³/mol. The van der Waals surface area contributed by atoms with Crippen molar-refractivity contribution in [3.63, 3.8) is 0 Å². The fourth-order valence-corrected chi connectivity index (χ4v) is 4.64. The third-order valence-electron chi connectivity index (χ3n) is 5.98. The number of hydrogen-bond acceptors (Lipinski definition) is 3. The topological polar surface area (TPSA) is 61.2 Å². The average molecular weight is 366 g/mol. The molecule has 2 amide bonds. The zero-order valence-corrected chi connectivity index (χ0v) is 15.3. The highest BCUT2D eigenvalue weighted by Gasteiger charge is 2.34. The van der Waals surface area contributed by atoms with Crippen molar-refractivity contribution >= 4 is 28.3 Å². The molecular formula is C24H18N2O2. The molecule has 0 aromatic heterocycles. The number of carbonyl (C=O) groups excluding carboxylic acids is 2. The van der Waals surface area contributed by atoms with Crippen LogP contribution < -0.4 is 4.90 Å². The molecule has 1 saturated carbocycles. The molecule has 0 N–H and O–H groups in total. The summed E-state index contributed by atoms with van der Waals surface area (Å²) in [5, 5.41) is 11.3. The maximum Gasteiger partial charge on any atom is 0.265 e. The highest BCUT2D eigenvalue weighted by atomic mass is 16.2. The van der Waals surface area contributed by atoms with Crippen LogP contribution in [-0.4, -0.2) is 11.8 Å². The molecule has 4 nitrogen and oxygen atoms in total. The van der Waals surface area contributed by atoms with Crippen LogP contribution >= 0.6 is 0 Å². The minimum absolute atomic E-state index is 0.341. The third-order valence-corrected chi connectivity index (χ3v) is 5.98. The van der Waals surface area contributed by atoms with E-state index in [1.165, 1.54) is 17.7 Å². The van der Waals surface area contributed by atoms with Gasteiger partial charge in [0.1, 0.15) is 0 Å². The van der Waals surface area contributed by atoms with Crippen molar-refractivity contribution in [2.24, 2.45) is 0 Å². The van der Waals surface area contributed by atoms with Gasteiger partial charge < -0.3 is 0 Å². The number of nitrogens with zero attached hydrogens (tertiary/aromatic N) is 2. The SMILES string of the molecule is N#Cc1cc(N2C(=O)c3cccc4cccc(c34)C2=O)ccc1C1CCCC1. The second kappa shape index (κ2) is 6.31. The van der Waals surface area contributed by atoms with Crippen LogP contribution in [0.4, 0.5) is 5.69 Å². The lowest BCUT2D eigenvalue weighted by Gasteiger charge is -2.27. The summed E-state index contributed by atoms with van der Waals surface area (Å²) in [6, 6.07) is 18.7.